The van der Waals surface area contributed by atoms with Crippen LogP contribution in [-0.2, 0) is 11.3 Å². The number of nitrogens with one attached hydrogen (secondary N) is 1. The van der Waals surface area contributed by atoms with Crippen molar-refractivity contribution in [3.8, 4) is 11.5 Å². The molecule has 2 aromatic rings. The highest BCUT2D eigenvalue weighted by atomic mass is 16.7. The molecule has 0 saturated heterocycles. The van der Waals surface area contributed by atoms with Crippen molar-refractivity contribution in [1.82, 2.24) is 20.3 Å². The maximum absolute atomic E-state index is 12.1. The van der Waals surface area contributed by atoms with Gasteiger partial charge in [0.25, 0.3) is 0 Å². The first-order valence-corrected chi connectivity index (χ1v) is 8.37. The SMILES string of the molecule is CN(C)c1nc(CNC(=O)/C=C/c2ccc3c(c2)OCO3)nc(N(C)C)n1. The molecule has 142 valence electrons. The molecule has 9 heteroatoms. The third kappa shape index (κ3) is 4.63. The lowest BCUT2D eigenvalue weighted by atomic mass is 10.2. The first kappa shape index (κ1) is 18.4. The highest BCUT2D eigenvalue weighted by Gasteiger charge is 2.13. The Morgan fingerprint density at radius 1 is 1.07 bits per heavy atom. The molecule has 27 heavy (non-hydrogen) atoms. The van der Waals surface area contributed by atoms with E-state index in [0.717, 1.165) is 5.56 Å². The molecule has 1 aliphatic rings. The second-order valence-corrected chi connectivity index (χ2v) is 6.30. The van der Waals surface area contributed by atoms with Crippen LogP contribution in [0.25, 0.3) is 6.08 Å². The van der Waals surface area contributed by atoms with Crippen molar-refractivity contribution < 1.29 is 14.3 Å². The van der Waals surface area contributed by atoms with Crippen LogP contribution in [0, 0.1) is 0 Å². The summed E-state index contributed by atoms with van der Waals surface area (Å²) in [6.45, 7) is 0.424. The van der Waals surface area contributed by atoms with Gasteiger partial charge in [-0.25, -0.2) is 0 Å². The van der Waals surface area contributed by atoms with E-state index in [1.165, 1.54) is 6.08 Å². The van der Waals surface area contributed by atoms with Gasteiger partial charge in [0, 0.05) is 34.3 Å². The van der Waals surface area contributed by atoms with Crippen molar-refractivity contribution >= 4 is 23.9 Å². The van der Waals surface area contributed by atoms with Crippen molar-refractivity contribution in [3.05, 3.63) is 35.7 Å². The third-order valence-electron chi connectivity index (χ3n) is 3.70. The fourth-order valence-corrected chi connectivity index (χ4v) is 2.29. The van der Waals surface area contributed by atoms with Gasteiger partial charge in [-0.3, -0.25) is 4.79 Å². The topological polar surface area (TPSA) is 92.7 Å². The number of carbonyl (C=O) groups excluding carboxylic acids is 1. The van der Waals surface area contributed by atoms with Crippen LogP contribution in [0.5, 0.6) is 11.5 Å². The van der Waals surface area contributed by atoms with Gasteiger partial charge in [-0.15, -0.1) is 0 Å². The average molecular weight is 370 g/mol. The number of benzene rings is 1. The van der Waals surface area contributed by atoms with Crippen LogP contribution >= 0.6 is 0 Å². The Balaban J connectivity index is 1.63. The highest BCUT2D eigenvalue weighted by molar-refractivity contribution is 5.91. The predicted molar refractivity (Wildman–Crippen MR) is 102 cm³/mol. The van der Waals surface area contributed by atoms with Gasteiger partial charge >= 0.3 is 0 Å². The fraction of sp³-hybridized carbons (Fsp3) is 0.333. The van der Waals surface area contributed by atoms with Crippen molar-refractivity contribution in [2.45, 2.75) is 6.54 Å². The van der Waals surface area contributed by atoms with Crippen LogP contribution in [0.2, 0.25) is 0 Å². The van der Waals surface area contributed by atoms with E-state index in [1.807, 2.05) is 46.4 Å². The van der Waals surface area contributed by atoms with Crippen molar-refractivity contribution in [2.24, 2.45) is 0 Å². The molecule has 0 fully saturated rings. The zero-order valence-corrected chi connectivity index (χ0v) is 15.8. The van der Waals surface area contributed by atoms with Crippen LogP contribution in [-0.4, -0.2) is 55.8 Å². The molecule has 0 aliphatic carbocycles. The highest BCUT2D eigenvalue weighted by Crippen LogP contribution is 2.32. The lowest BCUT2D eigenvalue weighted by Crippen LogP contribution is -2.25. The summed E-state index contributed by atoms with van der Waals surface area (Å²) < 4.78 is 10.6. The Morgan fingerprint density at radius 3 is 2.41 bits per heavy atom. The lowest BCUT2D eigenvalue weighted by molar-refractivity contribution is -0.116. The van der Waals surface area contributed by atoms with E-state index in [4.69, 9.17) is 9.47 Å². The summed E-state index contributed by atoms with van der Waals surface area (Å²) >= 11 is 0. The first-order chi connectivity index (χ1) is 12.9. The minimum absolute atomic E-state index is 0.203. The average Bonchev–Trinajstić information content (AvgIpc) is 3.12. The maximum Gasteiger partial charge on any atom is 0.244 e. The minimum Gasteiger partial charge on any atom is -0.454 e. The van der Waals surface area contributed by atoms with Gasteiger partial charge in [-0.05, 0) is 23.8 Å². The number of hydrogen-bond donors (Lipinski definition) is 1. The quantitative estimate of drug-likeness (QED) is 0.755. The van der Waals surface area contributed by atoms with E-state index in [-0.39, 0.29) is 19.2 Å². The van der Waals surface area contributed by atoms with E-state index in [9.17, 15) is 4.79 Å². The number of hydrogen-bond acceptors (Lipinski definition) is 8. The summed E-state index contributed by atoms with van der Waals surface area (Å²) in [5.74, 6) is 2.70. The molecular weight excluding hydrogens is 348 g/mol. The molecule has 3 rings (SSSR count). The molecule has 0 bridgehead atoms. The van der Waals surface area contributed by atoms with Gasteiger partial charge in [0.1, 0.15) is 0 Å². The molecule has 1 amide bonds. The molecule has 0 unspecified atom stereocenters. The molecule has 2 heterocycles. The Bertz CT molecular complexity index is 840. The molecule has 1 aromatic carbocycles. The summed E-state index contributed by atoms with van der Waals surface area (Å²) in [7, 11) is 7.41. The smallest absolute Gasteiger partial charge is 0.244 e. The van der Waals surface area contributed by atoms with Gasteiger partial charge in [0.15, 0.2) is 17.3 Å². The number of nitrogens with zero attached hydrogens (tertiary/aromatic N) is 5. The fourth-order valence-electron chi connectivity index (χ4n) is 2.29. The Hall–Kier alpha value is -3.36. The number of amides is 1. The van der Waals surface area contributed by atoms with Crippen molar-refractivity contribution in [3.63, 3.8) is 0 Å². The zero-order chi connectivity index (χ0) is 19.4. The Labute approximate surface area is 157 Å². The minimum atomic E-state index is -0.245. The standard InChI is InChI=1S/C18H22N6O3/c1-23(2)17-20-15(21-18(22-17)24(3)4)10-19-16(25)8-6-12-5-7-13-14(9-12)27-11-26-13/h5-9H,10-11H2,1-4H3,(H,19,25)/b8-6+. The number of carbonyl (C=O) groups is 1. The predicted octanol–water partition coefficient (Wildman–Crippen LogP) is 1.06. The zero-order valence-electron chi connectivity index (χ0n) is 15.8. The maximum atomic E-state index is 12.1. The van der Waals surface area contributed by atoms with Crippen molar-refractivity contribution in [2.75, 3.05) is 44.8 Å². The van der Waals surface area contributed by atoms with Gasteiger partial charge < -0.3 is 24.6 Å². The number of rotatable bonds is 6. The molecule has 0 saturated carbocycles. The summed E-state index contributed by atoms with van der Waals surface area (Å²) in [4.78, 5) is 28.7. The first-order valence-electron chi connectivity index (χ1n) is 8.37. The van der Waals surface area contributed by atoms with Gasteiger partial charge in [-0.1, -0.05) is 6.07 Å². The number of ether oxygens (including phenoxy) is 2. The third-order valence-corrected chi connectivity index (χ3v) is 3.70. The molecule has 1 N–H and O–H groups in total. The van der Waals surface area contributed by atoms with Crippen LogP contribution < -0.4 is 24.6 Å². The number of aromatic nitrogens is 3. The van der Waals surface area contributed by atoms with Gasteiger partial charge in [0.05, 0.1) is 6.54 Å². The van der Waals surface area contributed by atoms with E-state index < -0.39 is 0 Å². The summed E-state index contributed by atoms with van der Waals surface area (Å²) in [5.41, 5.74) is 0.847. The second-order valence-electron chi connectivity index (χ2n) is 6.30. The number of anilines is 2. The van der Waals surface area contributed by atoms with Crippen LogP contribution in [0.15, 0.2) is 24.3 Å². The monoisotopic (exact) mass is 370 g/mol. The molecule has 0 spiro atoms. The van der Waals surface area contributed by atoms with Crippen LogP contribution in [0.1, 0.15) is 11.4 Å². The van der Waals surface area contributed by atoms with Crippen LogP contribution in [0.4, 0.5) is 11.9 Å². The normalized spacial score (nSPS) is 12.3. The summed E-state index contributed by atoms with van der Waals surface area (Å²) in [6.07, 6.45) is 3.17. The van der Waals surface area contributed by atoms with Gasteiger partial charge in [0.2, 0.25) is 24.6 Å². The molecule has 1 aromatic heterocycles. The molecule has 9 nitrogen and oxygen atoms in total. The molecule has 0 atom stereocenters. The van der Waals surface area contributed by atoms with E-state index in [2.05, 4.69) is 20.3 Å². The largest absolute Gasteiger partial charge is 0.454 e. The second kappa shape index (κ2) is 7.90. The summed E-state index contributed by atoms with van der Waals surface area (Å²) in [5, 5.41) is 2.78. The molecular formula is C18H22N6O3. The molecule has 0 radical (unpaired) electrons. The molecule has 1 aliphatic heterocycles. The van der Waals surface area contributed by atoms with Crippen LogP contribution in [0.3, 0.4) is 0 Å². The van der Waals surface area contributed by atoms with Gasteiger partial charge in [-0.2, -0.15) is 15.0 Å². The number of fused-ring (bicyclic) bond motifs is 1. The lowest BCUT2D eigenvalue weighted by Gasteiger charge is -2.16. The van der Waals surface area contributed by atoms with E-state index >= 15 is 0 Å². The Kier molecular flexibility index (Phi) is 5.39. The van der Waals surface area contributed by atoms with Crippen molar-refractivity contribution in [1.29, 1.82) is 0 Å². The van der Waals surface area contributed by atoms with E-state index in [1.54, 1.807) is 15.9 Å². The summed E-state index contributed by atoms with van der Waals surface area (Å²) in [6, 6.07) is 5.50. The van der Waals surface area contributed by atoms with E-state index in [0.29, 0.717) is 29.2 Å². The Morgan fingerprint density at radius 2 is 1.74 bits per heavy atom.